The highest BCUT2D eigenvalue weighted by atomic mass is 16.6. The Kier molecular flexibility index (Phi) is 5.54. The van der Waals surface area contributed by atoms with Gasteiger partial charge in [0, 0.05) is 12.1 Å². The van der Waals surface area contributed by atoms with Crippen LogP contribution in [0.5, 0.6) is 0 Å². The Morgan fingerprint density at radius 2 is 1.89 bits per heavy atom. The minimum Gasteiger partial charge on any atom is -0.444 e. The van der Waals surface area contributed by atoms with E-state index in [2.05, 4.69) is 5.32 Å². The van der Waals surface area contributed by atoms with Crippen LogP contribution in [0.25, 0.3) is 0 Å². The van der Waals surface area contributed by atoms with Crippen molar-refractivity contribution in [1.29, 1.82) is 0 Å². The zero-order chi connectivity index (χ0) is 19.4. The monoisotopic (exact) mass is 366 g/mol. The first kappa shape index (κ1) is 18.6. The van der Waals surface area contributed by atoms with E-state index in [-0.39, 0.29) is 25.4 Å². The topological polar surface area (TPSA) is 75.7 Å². The second kappa shape index (κ2) is 8.03. The van der Waals surface area contributed by atoms with Crippen LogP contribution in [-0.2, 0) is 20.9 Å². The molecule has 0 bridgehead atoms. The molecule has 3 rings (SSSR count). The Bertz CT molecular complexity index is 864. The zero-order valence-corrected chi connectivity index (χ0v) is 15.4. The lowest BCUT2D eigenvalue weighted by atomic mass is 10.1. The van der Waals surface area contributed by atoms with Gasteiger partial charge in [-0.15, -0.1) is 0 Å². The van der Waals surface area contributed by atoms with Crippen LogP contribution in [0.4, 0.5) is 10.5 Å². The molecule has 1 aliphatic heterocycles. The van der Waals surface area contributed by atoms with Crippen LogP contribution in [-0.4, -0.2) is 28.8 Å². The quantitative estimate of drug-likeness (QED) is 0.897. The van der Waals surface area contributed by atoms with E-state index in [1.807, 2.05) is 62.4 Å². The van der Waals surface area contributed by atoms with E-state index >= 15 is 0 Å². The van der Waals surface area contributed by atoms with E-state index < -0.39 is 18.0 Å². The number of benzene rings is 2. The summed E-state index contributed by atoms with van der Waals surface area (Å²) in [4.78, 5) is 38.2. The molecule has 1 N–H and O–H groups in total. The molecule has 2 aromatic rings. The minimum atomic E-state index is -0.860. The molecular weight excluding hydrogens is 344 g/mol. The van der Waals surface area contributed by atoms with Crippen LogP contribution >= 0.6 is 0 Å². The first-order valence-electron chi connectivity index (χ1n) is 8.86. The van der Waals surface area contributed by atoms with Crippen LogP contribution in [0.2, 0.25) is 0 Å². The molecule has 0 aromatic heterocycles. The molecule has 1 aliphatic rings. The van der Waals surface area contributed by atoms with Crippen molar-refractivity contribution in [2.45, 2.75) is 39.3 Å². The molecule has 0 radical (unpaired) electrons. The maximum absolute atomic E-state index is 12.7. The van der Waals surface area contributed by atoms with Gasteiger partial charge in [0.05, 0.1) is 0 Å². The number of imide groups is 1. The molecular formula is C21H22N2O4. The van der Waals surface area contributed by atoms with Crippen molar-refractivity contribution in [1.82, 2.24) is 4.90 Å². The van der Waals surface area contributed by atoms with Crippen molar-refractivity contribution in [2.75, 3.05) is 5.32 Å². The van der Waals surface area contributed by atoms with E-state index in [0.717, 1.165) is 21.6 Å². The van der Waals surface area contributed by atoms with Crippen molar-refractivity contribution >= 4 is 23.6 Å². The van der Waals surface area contributed by atoms with Crippen molar-refractivity contribution in [3.8, 4) is 0 Å². The van der Waals surface area contributed by atoms with Gasteiger partial charge in [-0.1, -0.05) is 42.5 Å². The van der Waals surface area contributed by atoms with Gasteiger partial charge < -0.3 is 10.1 Å². The van der Waals surface area contributed by atoms with Gasteiger partial charge in [-0.2, -0.15) is 0 Å². The number of ether oxygens (including phenoxy) is 1. The van der Waals surface area contributed by atoms with Crippen molar-refractivity contribution in [3.05, 3.63) is 65.2 Å². The predicted molar refractivity (Wildman–Crippen MR) is 101 cm³/mol. The minimum absolute atomic E-state index is 0.0504. The number of carbonyl (C=O) groups is 3. The molecule has 6 heteroatoms. The average molecular weight is 366 g/mol. The number of likely N-dealkylation sites (tertiary alicyclic amines) is 1. The Labute approximate surface area is 158 Å². The number of hydrogen-bond donors (Lipinski definition) is 1. The number of hydrogen-bond acceptors (Lipinski definition) is 4. The highest BCUT2D eigenvalue weighted by Crippen LogP contribution is 2.23. The Hall–Kier alpha value is -3.15. The van der Waals surface area contributed by atoms with E-state index in [9.17, 15) is 14.4 Å². The van der Waals surface area contributed by atoms with Crippen LogP contribution in [0.3, 0.4) is 0 Å². The van der Waals surface area contributed by atoms with E-state index in [4.69, 9.17) is 4.74 Å². The predicted octanol–water partition coefficient (Wildman–Crippen LogP) is 3.57. The van der Waals surface area contributed by atoms with Gasteiger partial charge in [0.1, 0.15) is 12.6 Å². The molecule has 0 spiro atoms. The second-order valence-electron chi connectivity index (χ2n) is 6.67. The third-order valence-electron chi connectivity index (χ3n) is 4.57. The second-order valence-corrected chi connectivity index (χ2v) is 6.67. The number of rotatable bonds is 4. The largest absolute Gasteiger partial charge is 0.444 e. The number of carbonyl (C=O) groups excluding carboxylic acids is 3. The van der Waals surface area contributed by atoms with E-state index in [1.54, 1.807) is 0 Å². The van der Waals surface area contributed by atoms with Gasteiger partial charge >= 0.3 is 6.09 Å². The molecule has 1 fully saturated rings. The van der Waals surface area contributed by atoms with Crippen LogP contribution in [0.1, 0.15) is 29.5 Å². The third-order valence-corrected chi connectivity index (χ3v) is 4.57. The molecule has 0 aliphatic carbocycles. The lowest BCUT2D eigenvalue weighted by Crippen LogP contribution is -2.45. The molecule has 6 nitrogen and oxygen atoms in total. The number of amides is 3. The molecule has 2 aromatic carbocycles. The summed E-state index contributed by atoms with van der Waals surface area (Å²) in [5.74, 6) is -0.777. The maximum Gasteiger partial charge on any atom is 0.417 e. The normalized spacial score (nSPS) is 16.3. The summed E-state index contributed by atoms with van der Waals surface area (Å²) in [5, 5.41) is 2.83. The summed E-state index contributed by atoms with van der Waals surface area (Å²) in [5.41, 5.74) is 3.42. The molecule has 3 amide bonds. The molecule has 1 saturated heterocycles. The highest BCUT2D eigenvalue weighted by Gasteiger charge is 2.41. The summed E-state index contributed by atoms with van der Waals surface area (Å²) in [7, 11) is 0. The van der Waals surface area contributed by atoms with Crippen LogP contribution in [0, 0.1) is 13.8 Å². The molecule has 140 valence electrons. The molecule has 1 atom stereocenters. The van der Waals surface area contributed by atoms with E-state index in [1.165, 1.54) is 0 Å². The Balaban J connectivity index is 1.68. The fourth-order valence-electron chi connectivity index (χ4n) is 3.04. The lowest BCUT2D eigenvalue weighted by molar-refractivity contribution is -0.131. The standard InChI is InChI=1S/C21H22N2O4/c1-14-8-9-15(2)17(12-14)22-20(25)18-10-11-19(24)23(18)21(26)27-13-16-6-4-3-5-7-16/h3-9,12,18H,10-11,13H2,1-2H3,(H,22,25)/t18-/m0/s1. The molecule has 27 heavy (non-hydrogen) atoms. The van der Waals surface area contributed by atoms with Crippen molar-refractivity contribution < 1.29 is 19.1 Å². The fraction of sp³-hybridized carbons (Fsp3) is 0.286. The molecule has 0 unspecified atom stereocenters. The van der Waals surface area contributed by atoms with Crippen LogP contribution < -0.4 is 5.32 Å². The SMILES string of the molecule is Cc1ccc(C)c(NC(=O)[C@@H]2CCC(=O)N2C(=O)OCc2ccccc2)c1. The van der Waals surface area contributed by atoms with Crippen molar-refractivity contribution in [3.63, 3.8) is 0 Å². The third kappa shape index (κ3) is 4.34. The van der Waals surface area contributed by atoms with Gasteiger partial charge in [0.25, 0.3) is 0 Å². The van der Waals surface area contributed by atoms with Gasteiger partial charge in [-0.3, -0.25) is 9.59 Å². The number of anilines is 1. The average Bonchev–Trinajstić information content (AvgIpc) is 3.05. The smallest absolute Gasteiger partial charge is 0.417 e. The summed E-state index contributed by atoms with van der Waals surface area (Å²) in [6.07, 6.45) is -0.358. The first-order valence-corrected chi connectivity index (χ1v) is 8.86. The molecule has 0 saturated carbocycles. The first-order chi connectivity index (χ1) is 13.0. The van der Waals surface area contributed by atoms with Crippen LogP contribution in [0.15, 0.2) is 48.5 Å². The van der Waals surface area contributed by atoms with Gasteiger partial charge in [0.15, 0.2) is 0 Å². The molecule has 1 heterocycles. The van der Waals surface area contributed by atoms with Gasteiger partial charge in [-0.05, 0) is 43.0 Å². The van der Waals surface area contributed by atoms with Crippen molar-refractivity contribution in [2.24, 2.45) is 0 Å². The summed E-state index contributed by atoms with van der Waals surface area (Å²) in [6, 6.07) is 14.1. The number of aryl methyl sites for hydroxylation is 2. The number of nitrogens with zero attached hydrogens (tertiary/aromatic N) is 1. The number of nitrogens with one attached hydrogen (secondary N) is 1. The Morgan fingerprint density at radius 1 is 1.15 bits per heavy atom. The zero-order valence-electron chi connectivity index (χ0n) is 15.4. The summed E-state index contributed by atoms with van der Waals surface area (Å²) >= 11 is 0. The summed E-state index contributed by atoms with van der Waals surface area (Å²) in [6.45, 7) is 3.87. The fourth-order valence-corrected chi connectivity index (χ4v) is 3.04. The van der Waals surface area contributed by atoms with Gasteiger partial charge in [0.2, 0.25) is 11.8 Å². The lowest BCUT2D eigenvalue weighted by Gasteiger charge is -2.22. The highest BCUT2D eigenvalue weighted by molar-refractivity contribution is 6.04. The Morgan fingerprint density at radius 3 is 2.63 bits per heavy atom. The van der Waals surface area contributed by atoms with Gasteiger partial charge in [-0.25, -0.2) is 9.69 Å². The van der Waals surface area contributed by atoms with E-state index in [0.29, 0.717) is 5.69 Å². The summed E-state index contributed by atoms with van der Waals surface area (Å²) < 4.78 is 5.24. The maximum atomic E-state index is 12.7.